The summed E-state index contributed by atoms with van der Waals surface area (Å²) in [5, 5.41) is 11.6. The van der Waals surface area contributed by atoms with Gasteiger partial charge in [-0.1, -0.05) is 0 Å². The molecule has 0 aliphatic carbocycles. The number of rotatable bonds is 3. The largest absolute Gasteiger partial charge is 0.360 e. The summed E-state index contributed by atoms with van der Waals surface area (Å²) < 4.78 is 11.1. The van der Waals surface area contributed by atoms with Gasteiger partial charge >= 0.3 is 0 Å². The average Bonchev–Trinajstić information content (AvgIpc) is 3.30. The van der Waals surface area contributed by atoms with Gasteiger partial charge in [0.1, 0.15) is 0 Å². The molecule has 1 aromatic carbocycles. The minimum Gasteiger partial charge on any atom is -0.360 e. The van der Waals surface area contributed by atoms with Crippen molar-refractivity contribution in [3.8, 4) is 0 Å². The molecule has 2 saturated heterocycles. The monoisotopic (exact) mass is 345 g/mol. The minimum atomic E-state index is -0.451. The van der Waals surface area contributed by atoms with E-state index in [1.165, 1.54) is 12.1 Å². The molecule has 3 heterocycles. The molecule has 1 N–H and O–H groups in total. The van der Waals surface area contributed by atoms with Crippen molar-refractivity contribution in [2.45, 2.75) is 19.1 Å². The molecule has 0 radical (unpaired) electrons. The normalized spacial score (nSPS) is 19.6. The lowest BCUT2D eigenvalue weighted by Crippen LogP contribution is -2.41. The Bertz CT molecular complexity index is 804. The predicted molar refractivity (Wildman–Crippen MR) is 89.3 cm³/mol. The Morgan fingerprint density at radius 3 is 2.64 bits per heavy atom. The van der Waals surface area contributed by atoms with Gasteiger partial charge in [0, 0.05) is 48.2 Å². The predicted octanol–water partition coefficient (Wildman–Crippen LogP) is 2.30. The lowest BCUT2D eigenvalue weighted by Gasteiger charge is -2.33. The van der Waals surface area contributed by atoms with Crippen LogP contribution in [-0.2, 0) is 9.47 Å². The van der Waals surface area contributed by atoms with Crippen LogP contribution in [0.25, 0.3) is 10.9 Å². The van der Waals surface area contributed by atoms with Crippen LogP contribution in [0.4, 0.5) is 5.69 Å². The summed E-state index contributed by atoms with van der Waals surface area (Å²) in [6, 6.07) is 4.51. The highest BCUT2D eigenvalue weighted by atomic mass is 16.7. The molecule has 132 valence electrons. The van der Waals surface area contributed by atoms with Gasteiger partial charge in [-0.2, -0.15) is 0 Å². The summed E-state index contributed by atoms with van der Waals surface area (Å²) in [5.41, 5.74) is 1.18. The van der Waals surface area contributed by atoms with Crippen molar-refractivity contribution in [3.63, 3.8) is 0 Å². The Balaban J connectivity index is 1.50. The topological polar surface area (TPSA) is 97.7 Å². The van der Waals surface area contributed by atoms with Crippen molar-refractivity contribution >= 4 is 22.5 Å². The van der Waals surface area contributed by atoms with Crippen LogP contribution in [0, 0.1) is 16.0 Å². The zero-order valence-electron chi connectivity index (χ0n) is 13.6. The van der Waals surface area contributed by atoms with Crippen molar-refractivity contribution in [2.24, 2.45) is 5.92 Å². The Labute approximate surface area is 143 Å². The summed E-state index contributed by atoms with van der Waals surface area (Å²) in [5.74, 6) is 0.217. The second kappa shape index (κ2) is 6.45. The van der Waals surface area contributed by atoms with Crippen LogP contribution in [0.1, 0.15) is 23.2 Å². The maximum absolute atomic E-state index is 12.9. The standard InChI is InChI=1S/C17H19N3O5/c21-16(19-5-3-11(4-6-19)17-24-7-8-25-17)14-10-18-15-2-1-12(20(22)23)9-13(14)15/h1-2,9-11,17-18H,3-8H2. The first-order valence-corrected chi connectivity index (χ1v) is 8.41. The lowest BCUT2D eigenvalue weighted by atomic mass is 9.95. The molecule has 8 nitrogen and oxygen atoms in total. The Hall–Kier alpha value is -2.45. The van der Waals surface area contributed by atoms with Crippen molar-refractivity contribution in [3.05, 3.63) is 40.1 Å². The third-order valence-electron chi connectivity index (χ3n) is 4.97. The highest BCUT2D eigenvalue weighted by molar-refractivity contribution is 6.07. The molecule has 2 aliphatic rings. The van der Waals surface area contributed by atoms with Gasteiger partial charge in [0.25, 0.3) is 11.6 Å². The van der Waals surface area contributed by atoms with Crippen molar-refractivity contribution in [1.29, 1.82) is 0 Å². The van der Waals surface area contributed by atoms with E-state index in [0.717, 1.165) is 18.4 Å². The molecule has 25 heavy (non-hydrogen) atoms. The van der Waals surface area contributed by atoms with Crippen LogP contribution in [0.3, 0.4) is 0 Å². The average molecular weight is 345 g/mol. The molecule has 0 spiro atoms. The fraction of sp³-hybridized carbons (Fsp3) is 0.471. The molecule has 1 amide bonds. The molecule has 4 rings (SSSR count). The van der Waals surface area contributed by atoms with Gasteiger partial charge in [-0.25, -0.2) is 0 Å². The van der Waals surface area contributed by atoms with Gasteiger partial charge in [0.15, 0.2) is 6.29 Å². The summed E-state index contributed by atoms with van der Waals surface area (Å²) in [7, 11) is 0. The van der Waals surface area contributed by atoms with Gasteiger partial charge in [-0.3, -0.25) is 14.9 Å². The molecule has 2 fully saturated rings. The molecule has 0 unspecified atom stereocenters. The number of non-ortho nitro benzene ring substituents is 1. The van der Waals surface area contributed by atoms with Crippen LogP contribution in [0.15, 0.2) is 24.4 Å². The lowest BCUT2D eigenvalue weighted by molar-refractivity contribution is -0.384. The fourth-order valence-electron chi connectivity index (χ4n) is 3.59. The molecular formula is C17H19N3O5. The first-order chi connectivity index (χ1) is 12.1. The smallest absolute Gasteiger partial charge is 0.270 e. The number of nitro benzene ring substituents is 1. The highest BCUT2D eigenvalue weighted by Crippen LogP contribution is 2.29. The minimum absolute atomic E-state index is 0.0182. The number of nitrogens with zero attached hydrogens (tertiary/aromatic N) is 2. The zero-order chi connectivity index (χ0) is 17.4. The Kier molecular flexibility index (Phi) is 4.14. The number of carbonyl (C=O) groups excluding carboxylic acids is 1. The molecule has 2 aliphatic heterocycles. The number of amides is 1. The Morgan fingerprint density at radius 2 is 1.96 bits per heavy atom. The van der Waals surface area contributed by atoms with E-state index in [1.54, 1.807) is 17.2 Å². The summed E-state index contributed by atoms with van der Waals surface area (Å²) >= 11 is 0. The van der Waals surface area contributed by atoms with E-state index in [-0.39, 0.29) is 17.9 Å². The number of aromatic nitrogens is 1. The number of likely N-dealkylation sites (tertiary alicyclic amines) is 1. The first kappa shape index (κ1) is 16.0. The van der Waals surface area contributed by atoms with Crippen molar-refractivity contribution in [2.75, 3.05) is 26.3 Å². The third-order valence-corrected chi connectivity index (χ3v) is 4.97. The zero-order valence-corrected chi connectivity index (χ0v) is 13.6. The number of H-pyrrole nitrogens is 1. The first-order valence-electron chi connectivity index (χ1n) is 8.41. The Morgan fingerprint density at radius 1 is 1.24 bits per heavy atom. The SMILES string of the molecule is O=C(c1c[nH]c2ccc([N+](=O)[O-])cc12)N1CCC(C2OCCO2)CC1. The third kappa shape index (κ3) is 2.98. The number of hydrogen-bond acceptors (Lipinski definition) is 5. The van der Waals surface area contributed by atoms with Gasteiger partial charge in [-0.15, -0.1) is 0 Å². The molecular weight excluding hydrogens is 326 g/mol. The van der Waals surface area contributed by atoms with E-state index >= 15 is 0 Å². The number of ether oxygens (including phenoxy) is 2. The molecule has 0 saturated carbocycles. The number of benzene rings is 1. The van der Waals surface area contributed by atoms with Gasteiger partial charge in [0.05, 0.1) is 23.7 Å². The van der Waals surface area contributed by atoms with E-state index in [0.29, 0.717) is 43.2 Å². The number of hydrogen-bond donors (Lipinski definition) is 1. The molecule has 1 aromatic heterocycles. The van der Waals surface area contributed by atoms with Crippen LogP contribution < -0.4 is 0 Å². The summed E-state index contributed by atoms with van der Waals surface area (Å²) in [6.45, 7) is 2.54. The molecule has 2 aromatic rings. The number of nitrogens with one attached hydrogen (secondary N) is 1. The summed E-state index contributed by atoms with van der Waals surface area (Å²) in [6.07, 6.45) is 3.15. The number of aromatic amines is 1. The van der Waals surface area contributed by atoms with E-state index in [1.807, 2.05) is 0 Å². The quantitative estimate of drug-likeness (QED) is 0.680. The van der Waals surface area contributed by atoms with Crippen LogP contribution in [-0.4, -0.2) is 53.3 Å². The summed E-state index contributed by atoms with van der Waals surface area (Å²) in [4.78, 5) is 28.2. The number of nitro groups is 1. The van der Waals surface area contributed by atoms with E-state index in [2.05, 4.69) is 4.98 Å². The second-order valence-corrected chi connectivity index (χ2v) is 6.43. The van der Waals surface area contributed by atoms with Gasteiger partial charge < -0.3 is 19.4 Å². The number of piperidine rings is 1. The van der Waals surface area contributed by atoms with E-state index in [9.17, 15) is 14.9 Å². The van der Waals surface area contributed by atoms with E-state index < -0.39 is 4.92 Å². The molecule has 0 atom stereocenters. The van der Waals surface area contributed by atoms with Gasteiger partial charge in [0.2, 0.25) is 0 Å². The molecule has 8 heteroatoms. The maximum atomic E-state index is 12.9. The number of carbonyl (C=O) groups is 1. The van der Waals surface area contributed by atoms with Crippen LogP contribution >= 0.6 is 0 Å². The van der Waals surface area contributed by atoms with Crippen molar-refractivity contribution in [1.82, 2.24) is 9.88 Å². The molecule has 0 bridgehead atoms. The van der Waals surface area contributed by atoms with Crippen LogP contribution in [0.2, 0.25) is 0 Å². The maximum Gasteiger partial charge on any atom is 0.270 e. The van der Waals surface area contributed by atoms with Crippen molar-refractivity contribution < 1.29 is 19.2 Å². The van der Waals surface area contributed by atoms with Crippen LogP contribution in [0.5, 0.6) is 0 Å². The second-order valence-electron chi connectivity index (χ2n) is 6.43. The van der Waals surface area contributed by atoms with E-state index in [4.69, 9.17) is 9.47 Å². The van der Waals surface area contributed by atoms with Gasteiger partial charge in [-0.05, 0) is 18.9 Å². The highest BCUT2D eigenvalue weighted by Gasteiger charge is 2.32. The number of fused-ring (bicyclic) bond motifs is 1. The fourth-order valence-corrected chi connectivity index (χ4v) is 3.59.